The van der Waals surface area contributed by atoms with Gasteiger partial charge in [0.1, 0.15) is 5.75 Å². The van der Waals surface area contributed by atoms with E-state index in [2.05, 4.69) is 6.58 Å². The summed E-state index contributed by atoms with van der Waals surface area (Å²) in [6, 6.07) is 3.00. The van der Waals surface area contributed by atoms with Crippen LogP contribution in [0.1, 0.15) is 21.5 Å². The van der Waals surface area contributed by atoms with Gasteiger partial charge in [0.2, 0.25) is 0 Å². The number of rotatable bonds is 3. The average molecular weight is 220 g/mol. The number of carboxylic acid groups (broad SMARTS) is 1. The molecule has 0 unspecified atom stereocenters. The monoisotopic (exact) mass is 220 g/mol. The van der Waals surface area contributed by atoms with E-state index < -0.39 is 11.9 Å². The van der Waals surface area contributed by atoms with Crippen molar-refractivity contribution in [3.05, 3.63) is 41.5 Å². The van der Waals surface area contributed by atoms with Crippen LogP contribution in [-0.4, -0.2) is 17.0 Å². The van der Waals surface area contributed by atoms with Gasteiger partial charge in [0, 0.05) is 6.08 Å². The zero-order chi connectivity index (χ0) is 12.3. The molecule has 0 spiro atoms. The van der Waals surface area contributed by atoms with E-state index in [1.807, 2.05) is 0 Å². The Morgan fingerprint density at radius 3 is 2.44 bits per heavy atom. The minimum absolute atomic E-state index is 0.205. The zero-order valence-corrected chi connectivity index (χ0v) is 9.11. The summed E-state index contributed by atoms with van der Waals surface area (Å²) in [6.45, 7) is 6.61. The third kappa shape index (κ3) is 2.48. The van der Waals surface area contributed by atoms with Crippen molar-refractivity contribution < 1.29 is 19.4 Å². The quantitative estimate of drug-likeness (QED) is 0.481. The van der Waals surface area contributed by atoms with Gasteiger partial charge in [-0.15, -0.1) is 0 Å². The molecule has 0 saturated heterocycles. The molecule has 0 amide bonds. The minimum atomic E-state index is -0.998. The highest BCUT2D eigenvalue weighted by Gasteiger charge is 2.12. The SMILES string of the molecule is C=CC(=O)Oc1cc(C)c(C(=O)O)cc1C. The largest absolute Gasteiger partial charge is 0.478 e. The molecule has 84 valence electrons. The second-order valence-electron chi connectivity index (χ2n) is 3.36. The first-order valence-electron chi connectivity index (χ1n) is 4.64. The van der Waals surface area contributed by atoms with Gasteiger partial charge in [-0.1, -0.05) is 6.58 Å². The van der Waals surface area contributed by atoms with Gasteiger partial charge in [0.05, 0.1) is 5.56 Å². The molecule has 0 aliphatic rings. The summed E-state index contributed by atoms with van der Waals surface area (Å²) >= 11 is 0. The van der Waals surface area contributed by atoms with E-state index in [4.69, 9.17) is 9.84 Å². The Balaban J connectivity index is 3.15. The van der Waals surface area contributed by atoms with Gasteiger partial charge in [0.25, 0.3) is 0 Å². The maximum Gasteiger partial charge on any atom is 0.335 e. The molecule has 16 heavy (non-hydrogen) atoms. The molecule has 1 aromatic carbocycles. The van der Waals surface area contributed by atoms with Gasteiger partial charge in [-0.05, 0) is 37.1 Å². The fourth-order valence-corrected chi connectivity index (χ4v) is 1.28. The fourth-order valence-electron chi connectivity index (χ4n) is 1.28. The van der Waals surface area contributed by atoms with E-state index in [1.54, 1.807) is 13.8 Å². The van der Waals surface area contributed by atoms with Crippen LogP contribution < -0.4 is 4.74 Å². The van der Waals surface area contributed by atoms with Crippen molar-refractivity contribution in [2.45, 2.75) is 13.8 Å². The molecule has 1 aromatic rings. The molecule has 1 rings (SSSR count). The van der Waals surface area contributed by atoms with Crippen molar-refractivity contribution in [1.29, 1.82) is 0 Å². The number of esters is 1. The number of hydrogen-bond acceptors (Lipinski definition) is 3. The van der Waals surface area contributed by atoms with Crippen LogP contribution in [0.5, 0.6) is 5.75 Å². The number of ether oxygens (including phenoxy) is 1. The average Bonchev–Trinajstić information content (AvgIpc) is 2.22. The van der Waals surface area contributed by atoms with Crippen LogP contribution in [0.3, 0.4) is 0 Å². The summed E-state index contributed by atoms with van der Waals surface area (Å²) in [4.78, 5) is 21.8. The van der Waals surface area contributed by atoms with Crippen LogP contribution in [0.25, 0.3) is 0 Å². The van der Waals surface area contributed by atoms with Gasteiger partial charge >= 0.3 is 11.9 Å². The van der Waals surface area contributed by atoms with Gasteiger partial charge in [-0.25, -0.2) is 9.59 Å². The van der Waals surface area contributed by atoms with Crippen LogP contribution in [0.4, 0.5) is 0 Å². The van der Waals surface area contributed by atoms with E-state index in [-0.39, 0.29) is 5.56 Å². The standard InChI is InChI=1S/C12H12O4/c1-4-11(13)16-10-6-7(2)9(12(14)15)5-8(10)3/h4-6H,1H2,2-3H3,(H,14,15). The molecule has 0 bridgehead atoms. The number of carbonyl (C=O) groups is 2. The molecule has 0 saturated carbocycles. The van der Waals surface area contributed by atoms with Crippen LogP contribution in [-0.2, 0) is 4.79 Å². The Bertz CT molecular complexity index is 460. The van der Waals surface area contributed by atoms with Crippen molar-refractivity contribution >= 4 is 11.9 Å². The first-order valence-corrected chi connectivity index (χ1v) is 4.64. The first-order chi connectivity index (χ1) is 7.45. The first kappa shape index (κ1) is 12.0. The molecule has 4 nitrogen and oxygen atoms in total. The maximum atomic E-state index is 11.0. The lowest BCUT2D eigenvalue weighted by Gasteiger charge is -2.08. The summed E-state index contributed by atoms with van der Waals surface area (Å²) in [6.07, 6.45) is 1.06. The number of aromatic carboxylic acids is 1. The molecule has 4 heteroatoms. The summed E-state index contributed by atoms with van der Waals surface area (Å²) < 4.78 is 4.96. The number of hydrogen-bond donors (Lipinski definition) is 1. The van der Waals surface area contributed by atoms with Gasteiger partial charge < -0.3 is 9.84 Å². The molecule has 0 aliphatic carbocycles. The van der Waals surface area contributed by atoms with E-state index in [0.717, 1.165) is 6.08 Å². The Labute approximate surface area is 93.2 Å². The number of aryl methyl sites for hydroxylation is 2. The lowest BCUT2D eigenvalue weighted by atomic mass is 10.0. The van der Waals surface area contributed by atoms with Gasteiger partial charge in [-0.3, -0.25) is 0 Å². The molecule has 0 aliphatic heterocycles. The van der Waals surface area contributed by atoms with Gasteiger partial charge in [-0.2, -0.15) is 0 Å². The highest BCUT2D eigenvalue weighted by Crippen LogP contribution is 2.23. The highest BCUT2D eigenvalue weighted by atomic mass is 16.5. The van der Waals surface area contributed by atoms with E-state index in [1.165, 1.54) is 12.1 Å². The van der Waals surface area contributed by atoms with Crippen molar-refractivity contribution in [2.75, 3.05) is 0 Å². The lowest BCUT2D eigenvalue weighted by molar-refractivity contribution is -0.129. The number of carbonyl (C=O) groups excluding carboxylic acids is 1. The van der Waals surface area contributed by atoms with Crippen molar-refractivity contribution in [3.8, 4) is 5.75 Å². The summed E-state index contributed by atoms with van der Waals surface area (Å²) in [5.74, 6) is -1.21. The van der Waals surface area contributed by atoms with E-state index in [9.17, 15) is 9.59 Å². The van der Waals surface area contributed by atoms with E-state index in [0.29, 0.717) is 16.9 Å². The molecule has 0 atom stereocenters. The van der Waals surface area contributed by atoms with Gasteiger partial charge in [0.15, 0.2) is 0 Å². The molecular formula is C12H12O4. The summed E-state index contributed by atoms with van der Waals surface area (Å²) in [7, 11) is 0. The molecule has 0 fully saturated rings. The van der Waals surface area contributed by atoms with Crippen molar-refractivity contribution in [2.24, 2.45) is 0 Å². The molecule has 0 radical (unpaired) electrons. The Hall–Kier alpha value is -2.10. The maximum absolute atomic E-state index is 11.0. The Morgan fingerprint density at radius 1 is 1.31 bits per heavy atom. The van der Waals surface area contributed by atoms with Crippen LogP contribution in [0.2, 0.25) is 0 Å². The normalized spacial score (nSPS) is 9.62. The minimum Gasteiger partial charge on any atom is -0.478 e. The van der Waals surface area contributed by atoms with Crippen molar-refractivity contribution in [3.63, 3.8) is 0 Å². The van der Waals surface area contributed by atoms with Crippen molar-refractivity contribution in [1.82, 2.24) is 0 Å². The Morgan fingerprint density at radius 2 is 1.94 bits per heavy atom. The van der Waals surface area contributed by atoms with Crippen LogP contribution >= 0.6 is 0 Å². The summed E-state index contributed by atoms with van der Waals surface area (Å²) in [5.41, 5.74) is 1.35. The van der Waals surface area contributed by atoms with E-state index >= 15 is 0 Å². The number of benzene rings is 1. The summed E-state index contributed by atoms with van der Waals surface area (Å²) in [5, 5.41) is 8.89. The lowest BCUT2D eigenvalue weighted by Crippen LogP contribution is -2.07. The topological polar surface area (TPSA) is 63.6 Å². The van der Waals surface area contributed by atoms with Crippen LogP contribution in [0, 0.1) is 13.8 Å². The second kappa shape index (κ2) is 4.61. The van der Waals surface area contributed by atoms with Crippen LogP contribution in [0.15, 0.2) is 24.8 Å². The molecule has 0 aromatic heterocycles. The fraction of sp³-hybridized carbons (Fsp3) is 0.167. The predicted octanol–water partition coefficient (Wildman–Crippen LogP) is 2.09. The number of carboxylic acids is 1. The molecular weight excluding hydrogens is 208 g/mol. The predicted molar refractivity (Wildman–Crippen MR) is 58.7 cm³/mol. The molecule has 1 N–H and O–H groups in total. The smallest absolute Gasteiger partial charge is 0.335 e. The Kier molecular flexibility index (Phi) is 3.45. The highest BCUT2D eigenvalue weighted by molar-refractivity contribution is 5.90. The third-order valence-electron chi connectivity index (χ3n) is 2.13. The third-order valence-corrected chi connectivity index (χ3v) is 2.13. The second-order valence-corrected chi connectivity index (χ2v) is 3.36. The molecule has 0 heterocycles. The zero-order valence-electron chi connectivity index (χ0n) is 9.11.